The maximum absolute atomic E-state index is 13.3. The third kappa shape index (κ3) is 8.67. The predicted molar refractivity (Wildman–Crippen MR) is 190 cm³/mol. The second-order valence-corrected chi connectivity index (χ2v) is 13.4. The predicted octanol–water partition coefficient (Wildman–Crippen LogP) is 8.89. The van der Waals surface area contributed by atoms with Crippen LogP contribution in [0, 0.1) is 18.8 Å². The number of allylic oxidation sites excluding steroid dienone is 1. The number of benzene rings is 3. The lowest BCUT2D eigenvalue weighted by atomic mass is 9.84. The Morgan fingerprint density at radius 3 is 2.20 bits per heavy atom. The number of carbonyl (C=O) groups is 1. The number of aliphatic hydroxyl groups is 1. The van der Waals surface area contributed by atoms with Crippen LogP contribution in [0.2, 0.25) is 0 Å². The van der Waals surface area contributed by atoms with Crippen molar-refractivity contribution in [3.63, 3.8) is 0 Å². The highest BCUT2D eigenvalue weighted by atomic mass is 16.3. The molecule has 1 amide bonds. The van der Waals surface area contributed by atoms with Gasteiger partial charge in [0, 0.05) is 31.6 Å². The van der Waals surface area contributed by atoms with Crippen molar-refractivity contribution in [1.82, 2.24) is 14.5 Å². The monoisotopic (exact) mass is 623 g/mol. The van der Waals surface area contributed by atoms with E-state index >= 15 is 0 Å². The van der Waals surface area contributed by atoms with Crippen LogP contribution in [0.25, 0.3) is 16.6 Å². The minimum Gasteiger partial charge on any atom is -0.508 e. The molecule has 0 atom stereocenters. The number of carbonyl (C=O) groups excluding carboxylic acids is 1. The molecule has 1 aromatic heterocycles. The number of hydrogen-bond acceptors (Lipinski definition) is 4. The summed E-state index contributed by atoms with van der Waals surface area (Å²) in [7, 11) is 2.09. The fraction of sp³-hybridized carbons (Fsp3) is 0.450. The number of phenolic OH excluding ortho intramolecular Hbond substituents is 1. The van der Waals surface area contributed by atoms with Crippen LogP contribution in [-0.4, -0.2) is 49.8 Å². The Hall–Kier alpha value is -3.90. The fourth-order valence-corrected chi connectivity index (χ4v) is 6.16. The van der Waals surface area contributed by atoms with Gasteiger partial charge in [0.2, 0.25) is 0 Å². The summed E-state index contributed by atoms with van der Waals surface area (Å²) in [6.07, 6.45) is 7.28. The van der Waals surface area contributed by atoms with Crippen molar-refractivity contribution in [2.45, 2.75) is 85.7 Å². The molecule has 1 aliphatic heterocycles. The molecule has 0 radical (unpaired) electrons. The number of phenols is 1. The average molecular weight is 624 g/mol. The highest BCUT2D eigenvalue weighted by molar-refractivity contribution is 5.95. The number of aromatic nitrogens is 2. The first-order valence-electron chi connectivity index (χ1n) is 17.0. The summed E-state index contributed by atoms with van der Waals surface area (Å²) in [5.74, 6) is 3.48. The zero-order valence-corrected chi connectivity index (χ0v) is 28.8. The lowest BCUT2D eigenvalue weighted by Crippen LogP contribution is -2.38. The Balaban J connectivity index is 0.000000372. The summed E-state index contributed by atoms with van der Waals surface area (Å²) in [5.41, 5.74) is 7.02. The second-order valence-electron chi connectivity index (χ2n) is 13.4. The molecule has 2 aliphatic rings. The maximum atomic E-state index is 13.3. The third-order valence-electron chi connectivity index (χ3n) is 9.34. The number of para-hydroxylation sites is 2. The van der Waals surface area contributed by atoms with E-state index < -0.39 is 0 Å². The summed E-state index contributed by atoms with van der Waals surface area (Å²) in [6.45, 7) is 14.3. The van der Waals surface area contributed by atoms with Gasteiger partial charge in [0.25, 0.3) is 5.91 Å². The van der Waals surface area contributed by atoms with E-state index in [0.29, 0.717) is 5.92 Å². The minimum atomic E-state index is 0.0417. The molecule has 0 bridgehead atoms. The first-order valence-corrected chi connectivity index (χ1v) is 17.0. The quantitative estimate of drug-likeness (QED) is 0.233. The van der Waals surface area contributed by atoms with Crippen LogP contribution in [0.15, 0.2) is 72.8 Å². The van der Waals surface area contributed by atoms with Crippen molar-refractivity contribution >= 4 is 22.5 Å². The highest BCUT2D eigenvalue weighted by Crippen LogP contribution is 2.32. The normalized spacial score (nSPS) is 18.4. The molecule has 2 N–H and O–H groups in total. The van der Waals surface area contributed by atoms with E-state index in [1.807, 2.05) is 67.3 Å². The Labute approximate surface area is 275 Å². The van der Waals surface area contributed by atoms with Crippen molar-refractivity contribution in [1.29, 1.82) is 0 Å². The van der Waals surface area contributed by atoms with Crippen LogP contribution < -0.4 is 0 Å². The van der Waals surface area contributed by atoms with Gasteiger partial charge in [-0.25, -0.2) is 4.98 Å². The molecular weight excluding hydrogens is 570 g/mol. The van der Waals surface area contributed by atoms with Crippen molar-refractivity contribution in [2.24, 2.45) is 18.9 Å². The van der Waals surface area contributed by atoms with Crippen LogP contribution >= 0.6 is 0 Å². The molecule has 6 heteroatoms. The third-order valence-corrected chi connectivity index (χ3v) is 9.34. The lowest BCUT2D eigenvalue weighted by molar-refractivity contribution is 0.0513. The first kappa shape index (κ1) is 35.0. The smallest absolute Gasteiger partial charge is 0.253 e. The molecule has 6 nitrogen and oxygen atoms in total. The van der Waals surface area contributed by atoms with Gasteiger partial charge < -0.3 is 19.7 Å². The van der Waals surface area contributed by atoms with Gasteiger partial charge >= 0.3 is 0 Å². The first-order chi connectivity index (χ1) is 22.0. The molecule has 3 aromatic carbocycles. The van der Waals surface area contributed by atoms with Crippen LogP contribution in [-0.2, 0) is 7.05 Å². The number of fused-ring (bicyclic) bond motifs is 1. The van der Waals surface area contributed by atoms with Gasteiger partial charge in [0.05, 0.1) is 17.1 Å². The molecule has 1 aliphatic carbocycles. The van der Waals surface area contributed by atoms with Crippen LogP contribution in [0.5, 0.6) is 5.75 Å². The molecule has 246 valence electrons. The Kier molecular flexibility index (Phi) is 12.2. The van der Waals surface area contributed by atoms with E-state index in [0.717, 1.165) is 95.3 Å². The highest BCUT2D eigenvalue weighted by Gasteiger charge is 2.28. The maximum Gasteiger partial charge on any atom is 0.253 e. The van der Waals surface area contributed by atoms with E-state index in [-0.39, 0.29) is 17.8 Å². The molecule has 1 saturated heterocycles. The SMILES string of the molecule is C/C=C(/c1cccc(O)c1)c1ccc(C(=O)N2CCC(c3nc4ccccc4n3C)CC2)cc1C.CC1CC(O)C1.CCC(C)C. The van der Waals surface area contributed by atoms with Crippen LogP contribution in [0.3, 0.4) is 0 Å². The Morgan fingerprint density at radius 2 is 1.67 bits per heavy atom. The Bertz CT molecular complexity index is 1620. The minimum absolute atomic E-state index is 0.0417. The van der Waals surface area contributed by atoms with Gasteiger partial charge in [-0.1, -0.05) is 70.5 Å². The molecule has 1 saturated carbocycles. The van der Waals surface area contributed by atoms with Crippen molar-refractivity contribution in [2.75, 3.05) is 13.1 Å². The van der Waals surface area contributed by atoms with Gasteiger partial charge in [-0.05, 0) is 110 Å². The number of aryl methyl sites for hydroxylation is 2. The van der Waals surface area contributed by atoms with E-state index in [4.69, 9.17) is 10.1 Å². The van der Waals surface area contributed by atoms with Crippen molar-refractivity contribution < 1.29 is 15.0 Å². The van der Waals surface area contributed by atoms with Crippen LogP contribution in [0.4, 0.5) is 0 Å². The molecule has 2 fully saturated rings. The zero-order valence-electron chi connectivity index (χ0n) is 28.8. The van der Waals surface area contributed by atoms with Gasteiger partial charge in [-0.15, -0.1) is 0 Å². The molecule has 6 rings (SSSR count). The second kappa shape index (κ2) is 16.1. The topological polar surface area (TPSA) is 78.6 Å². The summed E-state index contributed by atoms with van der Waals surface area (Å²) in [4.78, 5) is 20.2. The lowest BCUT2D eigenvalue weighted by Gasteiger charge is -2.32. The van der Waals surface area contributed by atoms with Crippen molar-refractivity contribution in [3.05, 3.63) is 101 Å². The number of rotatable bonds is 5. The summed E-state index contributed by atoms with van der Waals surface area (Å²) >= 11 is 0. The summed E-state index contributed by atoms with van der Waals surface area (Å²) < 4.78 is 2.20. The summed E-state index contributed by atoms with van der Waals surface area (Å²) in [6, 6.07) is 21.4. The summed E-state index contributed by atoms with van der Waals surface area (Å²) in [5, 5.41) is 18.5. The molecule has 2 heterocycles. The Morgan fingerprint density at radius 1 is 1.00 bits per heavy atom. The number of aliphatic hydroxyl groups excluding tert-OH is 1. The fourth-order valence-electron chi connectivity index (χ4n) is 6.16. The number of imidazole rings is 1. The number of amides is 1. The van der Waals surface area contributed by atoms with Crippen molar-refractivity contribution in [3.8, 4) is 5.75 Å². The molecular formula is C40H53N3O3. The standard InChI is InChI=1S/C30H31N3O2.C5H10O.C5H12/c1-4-25(22-8-7-9-24(34)19-22)26-13-12-23(18-20(26)2)30(35)33-16-14-21(15-17-33)29-31-27-10-5-6-11-28(27)32(29)3;1-4-2-5(6)3-4;1-4-5(2)3/h4-13,18-19,21,34H,14-17H2,1-3H3;4-6H,2-3H2,1H3;5H,4H2,1-3H3/b25-4-;;. The zero-order chi connectivity index (χ0) is 33.4. The average Bonchev–Trinajstić information content (AvgIpc) is 3.38. The molecule has 0 unspecified atom stereocenters. The number of hydrogen-bond donors (Lipinski definition) is 2. The van der Waals surface area contributed by atoms with E-state index in [9.17, 15) is 9.90 Å². The van der Waals surface area contributed by atoms with Gasteiger partial charge in [-0.3, -0.25) is 4.79 Å². The van der Waals surface area contributed by atoms with Gasteiger partial charge in [0.1, 0.15) is 11.6 Å². The van der Waals surface area contributed by atoms with Gasteiger partial charge in [0.15, 0.2) is 0 Å². The number of piperidine rings is 1. The number of nitrogens with zero attached hydrogens (tertiary/aromatic N) is 3. The molecule has 46 heavy (non-hydrogen) atoms. The van der Waals surface area contributed by atoms with E-state index in [1.54, 1.807) is 12.1 Å². The van der Waals surface area contributed by atoms with E-state index in [2.05, 4.69) is 51.4 Å². The number of aromatic hydroxyl groups is 1. The molecule has 0 spiro atoms. The molecule has 4 aromatic rings. The largest absolute Gasteiger partial charge is 0.508 e. The van der Waals surface area contributed by atoms with Crippen LogP contribution in [0.1, 0.15) is 106 Å². The number of likely N-dealkylation sites (tertiary alicyclic amines) is 1. The van der Waals surface area contributed by atoms with E-state index in [1.165, 1.54) is 6.42 Å². The van der Waals surface area contributed by atoms with Gasteiger partial charge in [-0.2, -0.15) is 0 Å².